The van der Waals surface area contributed by atoms with Gasteiger partial charge >= 0.3 is 0 Å². The summed E-state index contributed by atoms with van der Waals surface area (Å²) in [5.74, 6) is 0.163. The number of benzene rings is 1. The smallest absolute Gasteiger partial charge is 0.238 e. The van der Waals surface area contributed by atoms with Gasteiger partial charge in [0.15, 0.2) is 0 Å². The molecule has 0 atom stereocenters. The van der Waals surface area contributed by atoms with E-state index >= 15 is 0 Å². The number of fused-ring (bicyclic) bond motifs is 1. The van der Waals surface area contributed by atoms with Gasteiger partial charge in [0.05, 0.1) is 5.69 Å². The monoisotopic (exact) mass is 391 g/mol. The summed E-state index contributed by atoms with van der Waals surface area (Å²) in [6, 6.07) is 9.77. The number of allylic oxidation sites excluding steroid dienone is 1. The molecule has 1 fully saturated rings. The van der Waals surface area contributed by atoms with E-state index in [1.165, 1.54) is 0 Å². The number of piperazine rings is 1. The fourth-order valence-electron chi connectivity index (χ4n) is 3.68. The van der Waals surface area contributed by atoms with Gasteiger partial charge in [0, 0.05) is 54.9 Å². The average molecular weight is 391 g/mol. The lowest BCUT2D eigenvalue weighted by Crippen LogP contribution is -2.44. The van der Waals surface area contributed by atoms with E-state index in [-0.39, 0.29) is 0 Å². The van der Waals surface area contributed by atoms with Crippen LogP contribution in [0.3, 0.4) is 0 Å². The number of nitrogens with one attached hydrogen (secondary N) is 2. The number of aryl methyl sites for hydroxylation is 1. The van der Waals surface area contributed by atoms with Crippen molar-refractivity contribution in [1.29, 1.82) is 0 Å². The van der Waals surface area contributed by atoms with Crippen LogP contribution in [0.2, 0.25) is 0 Å². The van der Waals surface area contributed by atoms with E-state index in [0.717, 1.165) is 59.8 Å². The Labute approximate surface area is 171 Å². The van der Waals surface area contributed by atoms with Gasteiger partial charge in [-0.2, -0.15) is 4.39 Å². The topological polar surface area (TPSA) is 43.4 Å². The molecule has 29 heavy (non-hydrogen) atoms. The highest BCUT2D eigenvalue weighted by molar-refractivity contribution is 5.92. The minimum Gasteiger partial charge on any atom is -0.357 e. The zero-order chi connectivity index (χ0) is 20.5. The Hall–Kier alpha value is -3.12. The van der Waals surface area contributed by atoms with E-state index in [4.69, 9.17) is 0 Å². The number of hydrogen-bond acceptors (Lipinski definition) is 5. The fraction of sp³-hybridized carbons (Fsp3) is 0.261. The van der Waals surface area contributed by atoms with Gasteiger partial charge in [-0.15, -0.1) is 0 Å². The van der Waals surface area contributed by atoms with Gasteiger partial charge in [0.25, 0.3) is 0 Å². The van der Waals surface area contributed by atoms with Crippen molar-refractivity contribution in [3.8, 4) is 0 Å². The van der Waals surface area contributed by atoms with E-state index in [1.54, 1.807) is 12.3 Å². The number of aromatic nitrogens is 1. The van der Waals surface area contributed by atoms with E-state index in [9.17, 15) is 4.39 Å². The van der Waals surface area contributed by atoms with E-state index in [0.29, 0.717) is 11.5 Å². The second-order valence-electron chi connectivity index (χ2n) is 7.63. The SMILES string of the molecule is C=C1NC(=C)c2ccc(C)cc2/C1=C/Nc1ccc(N2CCN(C)CC2)nc1F. The number of pyridine rings is 1. The Morgan fingerprint density at radius 2 is 1.83 bits per heavy atom. The molecule has 0 unspecified atom stereocenters. The zero-order valence-corrected chi connectivity index (χ0v) is 16.9. The summed E-state index contributed by atoms with van der Waals surface area (Å²) in [7, 11) is 2.09. The molecule has 2 aliphatic rings. The Balaban J connectivity index is 1.58. The van der Waals surface area contributed by atoms with Gasteiger partial charge in [-0.05, 0) is 31.7 Å². The van der Waals surface area contributed by atoms with Crippen LogP contribution in [0.15, 0.2) is 55.4 Å². The van der Waals surface area contributed by atoms with Crippen molar-refractivity contribution in [3.05, 3.63) is 78.0 Å². The molecule has 5 nitrogen and oxygen atoms in total. The van der Waals surface area contributed by atoms with Crippen molar-refractivity contribution in [2.75, 3.05) is 43.4 Å². The zero-order valence-electron chi connectivity index (χ0n) is 16.9. The lowest BCUT2D eigenvalue weighted by molar-refractivity contribution is 0.311. The molecule has 1 aromatic carbocycles. The predicted molar refractivity (Wildman–Crippen MR) is 118 cm³/mol. The molecule has 1 saturated heterocycles. The van der Waals surface area contributed by atoms with Gasteiger partial charge in [-0.3, -0.25) is 0 Å². The number of anilines is 2. The molecule has 6 heteroatoms. The van der Waals surface area contributed by atoms with Gasteiger partial charge in [-0.25, -0.2) is 4.98 Å². The minimum absolute atomic E-state index is 0.335. The molecule has 2 N–H and O–H groups in total. The Morgan fingerprint density at radius 1 is 1.07 bits per heavy atom. The van der Waals surface area contributed by atoms with Crippen molar-refractivity contribution in [2.24, 2.45) is 0 Å². The number of halogens is 1. The van der Waals surface area contributed by atoms with Gasteiger partial charge < -0.3 is 20.4 Å². The van der Waals surface area contributed by atoms with Crippen LogP contribution in [0.25, 0.3) is 11.3 Å². The third kappa shape index (κ3) is 3.89. The summed E-state index contributed by atoms with van der Waals surface area (Å²) >= 11 is 0. The summed E-state index contributed by atoms with van der Waals surface area (Å²) in [4.78, 5) is 8.54. The normalized spacial score (nSPS) is 18.6. The first-order chi connectivity index (χ1) is 13.9. The number of rotatable bonds is 3. The Kier molecular flexibility index (Phi) is 5.11. The molecule has 4 rings (SSSR count). The van der Waals surface area contributed by atoms with Crippen LogP contribution in [0.4, 0.5) is 15.9 Å². The summed E-state index contributed by atoms with van der Waals surface area (Å²) in [5.41, 5.74) is 5.92. The molecule has 3 heterocycles. The molecule has 2 aliphatic heterocycles. The van der Waals surface area contributed by atoms with E-state index in [1.807, 2.05) is 25.1 Å². The minimum atomic E-state index is -0.512. The highest BCUT2D eigenvalue weighted by Gasteiger charge is 2.20. The quantitative estimate of drug-likeness (QED) is 0.779. The number of likely N-dealkylation sites (N-methyl/N-ethyl adjacent to an activating group) is 1. The Bertz CT molecular complexity index is 1000. The van der Waals surface area contributed by atoms with Gasteiger partial charge in [-0.1, -0.05) is 36.9 Å². The lowest BCUT2D eigenvalue weighted by atomic mass is 9.91. The number of nitrogens with zero attached hydrogens (tertiary/aromatic N) is 3. The predicted octanol–water partition coefficient (Wildman–Crippen LogP) is 3.82. The maximum Gasteiger partial charge on any atom is 0.238 e. The van der Waals surface area contributed by atoms with Crippen LogP contribution in [0.5, 0.6) is 0 Å². The van der Waals surface area contributed by atoms with Crippen molar-refractivity contribution < 1.29 is 4.39 Å². The summed E-state index contributed by atoms with van der Waals surface area (Å²) in [6.07, 6.45) is 1.77. The van der Waals surface area contributed by atoms with Gasteiger partial charge in [0.2, 0.25) is 5.95 Å². The second kappa shape index (κ2) is 7.72. The maximum atomic E-state index is 14.7. The van der Waals surface area contributed by atoms with Crippen LogP contribution >= 0.6 is 0 Å². The van der Waals surface area contributed by atoms with Crippen LogP contribution in [0.1, 0.15) is 16.7 Å². The largest absolute Gasteiger partial charge is 0.357 e. The first kappa shape index (κ1) is 19.2. The lowest BCUT2D eigenvalue weighted by Gasteiger charge is -2.33. The highest BCUT2D eigenvalue weighted by atomic mass is 19.1. The first-order valence-corrected chi connectivity index (χ1v) is 9.76. The molecule has 0 bridgehead atoms. The molecule has 0 aliphatic carbocycles. The molecule has 2 aromatic rings. The van der Waals surface area contributed by atoms with Crippen molar-refractivity contribution in [2.45, 2.75) is 6.92 Å². The summed E-state index contributed by atoms with van der Waals surface area (Å²) in [5, 5.41) is 6.26. The van der Waals surface area contributed by atoms with E-state index in [2.05, 4.69) is 51.7 Å². The number of hydrogen-bond donors (Lipinski definition) is 2. The van der Waals surface area contributed by atoms with Crippen LogP contribution in [-0.4, -0.2) is 43.1 Å². The summed E-state index contributed by atoms with van der Waals surface area (Å²) in [6.45, 7) is 13.8. The van der Waals surface area contributed by atoms with Crippen LogP contribution in [-0.2, 0) is 0 Å². The fourth-order valence-corrected chi connectivity index (χ4v) is 3.68. The van der Waals surface area contributed by atoms with Crippen LogP contribution < -0.4 is 15.5 Å². The molecule has 0 amide bonds. The molecular formula is C23H26FN5. The summed E-state index contributed by atoms with van der Waals surface area (Å²) < 4.78 is 14.7. The molecule has 0 radical (unpaired) electrons. The highest BCUT2D eigenvalue weighted by Crippen LogP contribution is 2.34. The molecule has 150 valence electrons. The third-order valence-corrected chi connectivity index (χ3v) is 5.45. The van der Waals surface area contributed by atoms with Gasteiger partial charge in [0.1, 0.15) is 5.82 Å². The first-order valence-electron chi connectivity index (χ1n) is 9.76. The molecular weight excluding hydrogens is 365 g/mol. The average Bonchev–Trinajstić information content (AvgIpc) is 2.69. The maximum absolute atomic E-state index is 14.7. The van der Waals surface area contributed by atoms with E-state index < -0.39 is 5.95 Å². The Morgan fingerprint density at radius 3 is 2.55 bits per heavy atom. The standard InChI is InChI=1S/C23H26FN5/c1-15-5-6-18-16(2)26-17(3)20(19(18)13-15)14-25-21-7-8-22(27-23(21)24)29-11-9-28(4)10-12-29/h5-8,13-14,25-26H,2-3,9-12H2,1,4H3/b20-14+. The third-order valence-electron chi connectivity index (χ3n) is 5.45. The second-order valence-corrected chi connectivity index (χ2v) is 7.63. The molecule has 0 saturated carbocycles. The molecule has 1 aromatic heterocycles. The molecule has 0 spiro atoms. The van der Waals surface area contributed by atoms with Crippen LogP contribution in [0, 0.1) is 12.9 Å². The van der Waals surface area contributed by atoms with Crippen molar-refractivity contribution >= 4 is 22.8 Å². The van der Waals surface area contributed by atoms with Crippen molar-refractivity contribution in [3.63, 3.8) is 0 Å². The van der Waals surface area contributed by atoms with Crippen molar-refractivity contribution in [1.82, 2.24) is 15.2 Å².